The predicted molar refractivity (Wildman–Crippen MR) is 126 cm³/mol. The first-order valence-corrected chi connectivity index (χ1v) is 10.2. The highest BCUT2D eigenvalue weighted by molar-refractivity contribution is 5.91. The second-order valence-corrected chi connectivity index (χ2v) is 7.03. The number of nitrogens with one attached hydrogen (secondary N) is 2. The lowest BCUT2D eigenvalue weighted by Crippen LogP contribution is -2.24. The molecule has 8 heteroatoms. The summed E-state index contributed by atoms with van der Waals surface area (Å²) in [4.78, 5) is 23.9. The molecule has 0 heterocycles. The van der Waals surface area contributed by atoms with Gasteiger partial charge < -0.3 is 19.5 Å². The Kier molecular flexibility index (Phi) is 8.41. The van der Waals surface area contributed by atoms with E-state index in [-0.39, 0.29) is 25.0 Å². The van der Waals surface area contributed by atoms with Crippen LogP contribution in [-0.2, 0) is 9.59 Å². The maximum atomic E-state index is 12.0. The van der Waals surface area contributed by atoms with E-state index in [0.717, 1.165) is 16.8 Å². The third kappa shape index (κ3) is 8.02. The molecule has 3 aromatic carbocycles. The molecule has 8 nitrogen and oxygen atoms in total. The number of aryl methyl sites for hydroxylation is 1. The van der Waals surface area contributed by atoms with Crippen molar-refractivity contribution in [2.75, 3.05) is 25.6 Å². The highest BCUT2D eigenvalue weighted by atomic mass is 16.5. The van der Waals surface area contributed by atoms with Crippen LogP contribution in [0.2, 0.25) is 0 Å². The van der Waals surface area contributed by atoms with E-state index < -0.39 is 0 Å². The van der Waals surface area contributed by atoms with Crippen LogP contribution in [-0.4, -0.2) is 38.4 Å². The van der Waals surface area contributed by atoms with Gasteiger partial charge in [0.15, 0.2) is 13.2 Å². The first-order valence-electron chi connectivity index (χ1n) is 10.2. The third-order valence-electron chi connectivity index (χ3n) is 4.42. The van der Waals surface area contributed by atoms with Crippen LogP contribution in [0.15, 0.2) is 77.9 Å². The van der Waals surface area contributed by atoms with Crippen LogP contribution in [0.1, 0.15) is 11.1 Å². The summed E-state index contributed by atoms with van der Waals surface area (Å²) in [6.07, 6.45) is 1.50. The molecule has 0 bridgehead atoms. The van der Waals surface area contributed by atoms with Gasteiger partial charge in [0.2, 0.25) is 0 Å². The number of hydrogen-bond donors (Lipinski definition) is 2. The van der Waals surface area contributed by atoms with Gasteiger partial charge in [-0.3, -0.25) is 9.59 Å². The lowest BCUT2D eigenvalue weighted by molar-refractivity contribution is -0.123. The molecule has 0 aliphatic carbocycles. The van der Waals surface area contributed by atoms with Gasteiger partial charge in [-0.2, -0.15) is 5.10 Å². The molecule has 0 fully saturated rings. The standard InChI is InChI=1S/C25H25N3O5/c1-18-3-7-20(8-4-18)27-24(29)16-32-22-9-5-19(6-10-22)15-26-28-25(30)17-33-23-13-11-21(31-2)12-14-23/h3-15H,16-17H2,1-2H3,(H,27,29)(H,28,30)/b26-15-. The van der Waals surface area contributed by atoms with Crippen LogP contribution in [0.3, 0.4) is 0 Å². The van der Waals surface area contributed by atoms with Crippen molar-refractivity contribution in [2.24, 2.45) is 5.10 Å². The first-order chi connectivity index (χ1) is 16.0. The van der Waals surface area contributed by atoms with Crippen LogP contribution in [0, 0.1) is 6.92 Å². The lowest BCUT2D eigenvalue weighted by Gasteiger charge is -2.08. The molecular formula is C25H25N3O5. The normalized spacial score (nSPS) is 10.5. The van der Waals surface area contributed by atoms with Gasteiger partial charge in [0, 0.05) is 5.69 Å². The Morgan fingerprint density at radius 3 is 1.94 bits per heavy atom. The minimum absolute atomic E-state index is 0.106. The second-order valence-electron chi connectivity index (χ2n) is 7.03. The maximum Gasteiger partial charge on any atom is 0.277 e. The van der Waals surface area contributed by atoms with E-state index in [1.165, 1.54) is 6.21 Å². The topological polar surface area (TPSA) is 98.2 Å². The average molecular weight is 447 g/mol. The van der Waals surface area contributed by atoms with Crippen molar-refractivity contribution in [3.63, 3.8) is 0 Å². The van der Waals surface area contributed by atoms with Crippen LogP contribution < -0.4 is 25.0 Å². The van der Waals surface area contributed by atoms with Gasteiger partial charge in [-0.25, -0.2) is 5.43 Å². The Labute approximate surface area is 192 Å². The molecule has 3 rings (SSSR count). The molecular weight excluding hydrogens is 422 g/mol. The molecule has 3 aromatic rings. The van der Waals surface area contributed by atoms with E-state index in [9.17, 15) is 9.59 Å². The van der Waals surface area contributed by atoms with Gasteiger partial charge >= 0.3 is 0 Å². The average Bonchev–Trinajstić information content (AvgIpc) is 2.84. The molecule has 0 saturated heterocycles. The van der Waals surface area contributed by atoms with Gasteiger partial charge in [0.05, 0.1) is 13.3 Å². The number of rotatable bonds is 10. The minimum Gasteiger partial charge on any atom is -0.497 e. The van der Waals surface area contributed by atoms with Crippen molar-refractivity contribution in [3.8, 4) is 17.2 Å². The van der Waals surface area contributed by atoms with Crippen molar-refractivity contribution >= 4 is 23.7 Å². The molecule has 0 radical (unpaired) electrons. The number of carbonyl (C=O) groups excluding carboxylic acids is 2. The lowest BCUT2D eigenvalue weighted by atomic mass is 10.2. The van der Waals surface area contributed by atoms with E-state index in [0.29, 0.717) is 17.2 Å². The zero-order valence-corrected chi connectivity index (χ0v) is 18.4. The predicted octanol–water partition coefficient (Wildman–Crippen LogP) is 3.55. The molecule has 2 N–H and O–H groups in total. The number of hydrazone groups is 1. The van der Waals surface area contributed by atoms with Crippen molar-refractivity contribution < 1.29 is 23.8 Å². The third-order valence-corrected chi connectivity index (χ3v) is 4.42. The van der Waals surface area contributed by atoms with Gasteiger partial charge in [0.1, 0.15) is 17.2 Å². The van der Waals surface area contributed by atoms with Gasteiger partial charge in [0.25, 0.3) is 11.8 Å². The van der Waals surface area contributed by atoms with Crippen LogP contribution >= 0.6 is 0 Å². The molecule has 0 spiro atoms. The van der Waals surface area contributed by atoms with Gasteiger partial charge in [-0.1, -0.05) is 17.7 Å². The number of carbonyl (C=O) groups is 2. The number of amides is 2. The fourth-order valence-electron chi connectivity index (χ4n) is 2.66. The zero-order chi connectivity index (χ0) is 23.5. The van der Waals surface area contributed by atoms with Crippen molar-refractivity contribution in [1.29, 1.82) is 0 Å². The molecule has 33 heavy (non-hydrogen) atoms. The van der Waals surface area contributed by atoms with Crippen molar-refractivity contribution in [2.45, 2.75) is 6.92 Å². The smallest absolute Gasteiger partial charge is 0.277 e. The fraction of sp³-hybridized carbons (Fsp3) is 0.160. The largest absolute Gasteiger partial charge is 0.497 e. The van der Waals surface area contributed by atoms with E-state index in [1.807, 2.05) is 31.2 Å². The van der Waals surface area contributed by atoms with Gasteiger partial charge in [-0.05, 0) is 73.2 Å². The summed E-state index contributed by atoms with van der Waals surface area (Å²) >= 11 is 0. The van der Waals surface area contributed by atoms with Crippen molar-refractivity contribution in [3.05, 3.63) is 83.9 Å². The number of methoxy groups -OCH3 is 1. The minimum atomic E-state index is -0.387. The molecule has 170 valence electrons. The van der Waals surface area contributed by atoms with Gasteiger partial charge in [-0.15, -0.1) is 0 Å². The highest BCUT2D eigenvalue weighted by Crippen LogP contribution is 2.17. The Morgan fingerprint density at radius 2 is 1.33 bits per heavy atom. The number of anilines is 1. The molecule has 0 aliphatic rings. The Morgan fingerprint density at radius 1 is 0.788 bits per heavy atom. The summed E-state index contributed by atoms with van der Waals surface area (Å²) in [5.74, 6) is 1.17. The summed E-state index contributed by atoms with van der Waals surface area (Å²) in [5.41, 5.74) is 4.99. The number of ether oxygens (including phenoxy) is 3. The van der Waals surface area contributed by atoms with E-state index in [4.69, 9.17) is 14.2 Å². The number of benzene rings is 3. The number of hydrogen-bond acceptors (Lipinski definition) is 6. The van der Waals surface area contributed by atoms with Crippen LogP contribution in [0.5, 0.6) is 17.2 Å². The highest BCUT2D eigenvalue weighted by Gasteiger charge is 2.04. The molecule has 0 aromatic heterocycles. The fourth-order valence-corrected chi connectivity index (χ4v) is 2.66. The summed E-state index contributed by atoms with van der Waals surface area (Å²) < 4.78 is 15.9. The SMILES string of the molecule is COc1ccc(OCC(=O)N/N=C\c2ccc(OCC(=O)Nc3ccc(C)cc3)cc2)cc1. The summed E-state index contributed by atoms with van der Waals surface area (Å²) in [5, 5.41) is 6.68. The molecule has 0 unspecified atom stereocenters. The van der Waals surface area contributed by atoms with E-state index in [2.05, 4.69) is 15.8 Å². The van der Waals surface area contributed by atoms with Crippen LogP contribution in [0.25, 0.3) is 0 Å². The Balaban J connectivity index is 1.37. The maximum absolute atomic E-state index is 12.0. The Hall–Kier alpha value is -4.33. The number of nitrogens with zero attached hydrogens (tertiary/aromatic N) is 1. The molecule has 2 amide bonds. The van der Waals surface area contributed by atoms with Crippen LogP contribution in [0.4, 0.5) is 5.69 Å². The molecule has 0 saturated carbocycles. The second kappa shape index (κ2) is 11.9. The zero-order valence-electron chi connectivity index (χ0n) is 18.4. The van der Waals surface area contributed by atoms with E-state index >= 15 is 0 Å². The summed E-state index contributed by atoms with van der Waals surface area (Å²) in [6.45, 7) is 1.71. The van der Waals surface area contributed by atoms with E-state index in [1.54, 1.807) is 55.6 Å². The first kappa shape index (κ1) is 23.3. The quantitative estimate of drug-likeness (QED) is 0.366. The van der Waals surface area contributed by atoms with Crippen molar-refractivity contribution in [1.82, 2.24) is 5.43 Å². The monoisotopic (exact) mass is 447 g/mol. The summed E-state index contributed by atoms with van der Waals surface area (Å²) in [6, 6.07) is 21.4. The molecule has 0 aliphatic heterocycles. The Bertz CT molecular complexity index is 1080. The summed E-state index contributed by atoms with van der Waals surface area (Å²) in [7, 11) is 1.58. The molecule has 0 atom stereocenters.